The van der Waals surface area contributed by atoms with E-state index in [2.05, 4.69) is 65.3 Å². The molecule has 1 aliphatic heterocycles. The van der Waals surface area contributed by atoms with Gasteiger partial charge in [0.25, 0.3) is 0 Å². The molecular weight excluding hydrogens is 496 g/mol. The number of nitrogens with one attached hydrogen (secondary N) is 1. The Morgan fingerprint density at radius 1 is 1.06 bits per heavy atom. The smallest absolute Gasteiger partial charge is 0.337 e. The maximum atomic E-state index is 11.6. The topological polar surface area (TPSA) is 75.0 Å². The number of carbonyl (C=O) groups excluding carboxylic acids is 1. The molecular formula is C25H25BrN6O2. The Morgan fingerprint density at radius 3 is 2.50 bits per heavy atom. The number of halogens is 1. The number of carbonyl (C=O) groups is 1. The fraction of sp³-hybridized carbons (Fsp3) is 0.240. The number of aromatic nitrogens is 3. The van der Waals surface area contributed by atoms with Crippen LogP contribution < -0.4 is 10.2 Å². The zero-order valence-corrected chi connectivity index (χ0v) is 20.4. The number of fused-ring (bicyclic) bond motifs is 1. The Labute approximate surface area is 206 Å². The van der Waals surface area contributed by atoms with Crippen LogP contribution in [0, 0.1) is 0 Å². The van der Waals surface area contributed by atoms with Crippen LogP contribution in [-0.4, -0.2) is 58.5 Å². The number of anilines is 3. The molecule has 0 radical (unpaired) electrons. The molecule has 0 aliphatic carbocycles. The number of nitrogens with zero attached hydrogens (tertiary/aromatic N) is 5. The first-order chi connectivity index (χ1) is 16.6. The molecule has 0 atom stereocenters. The van der Waals surface area contributed by atoms with Crippen molar-refractivity contribution in [3.8, 4) is 0 Å². The zero-order chi connectivity index (χ0) is 23.5. The van der Waals surface area contributed by atoms with Gasteiger partial charge in [0.05, 0.1) is 12.7 Å². The van der Waals surface area contributed by atoms with Gasteiger partial charge in [0.15, 0.2) is 11.5 Å². The molecule has 0 spiro atoms. The molecule has 174 valence electrons. The summed E-state index contributed by atoms with van der Waals surface area (Å²) in [4.78, 5) is 25.4. The zero-order valence-electron chi connectivity index (χ0n) is 18.8. The van der Waals surface area contributed by atoms with Crippen LogP contribution in [0.3, 0.4) is 0 Å². The van der Waals surface area contributed by atoms with E-state index < -0.39 is 0 Å². The molecule has 4 aromatic rings. The largest absolute Gasteiger partial charge is 0.465 e. The highest BCUT2D eigenvalue weighted by molar-refractivity contribution is 9.10. The van der Waals surface area contributed by atoms with Gasteiger partial charge in [0.1, 0.15) is 4.60 Å². The SMILES string of the molecule is COC(=O)c1ccc(CN2CCN(c3ccc(Nc4nc(Br)cn5ccnc45)cc3)CC2)cc1. The van der Waals surface area contributed by atoms with Gasteiger partial charge in [-0.3, -0.25) is 4.90 Å². The lowest BCUT2D eigenvalue weighted by Crippen LogP contribution is -2.45. The van der Waals surface area contributed by atoms with Crippen molar-refractivity contribution in [2.45, 2.75) is 6.54 Å². The number of hydrogen-bond acceptors (Lipinski definition) is 7. The molecule has 1 N–H and O–H groups in total. The summed E-state index contributed by atoms with van der Waals surface area (Å²) in [6, 6.07) is 16.1. The van der Waals surface area contributed by atoms with E-state index in [0.29, 0.717) is 11.4 Å². The van der Waals surface area contributed by atoms with Crippen molar-refractivity contribution in [1.29, 1.82) is 0 Å². The van der Waals surface area contributed by atoms with Gasteiger partial charge in [-0.1, -0.05) is 12.1 Å². The molecule has 1 aliphatic rings. The Morgan fingerprint density at radius 2 is 1.79 bits per heavy atom. The molecule has 2 aromatic heterocycles. The van der Waals surface area contributed by atoms with Crippen LogP contribution in [0.5, 0.6) is 0 Å². The van der Waals surface area contributed by atoms with Crippen LogP contribution in [0.4, 0.5) is 17.2 Å². The van der Waals surface area contributed by atoms with Crippen molar-refractivity contribution in [2.75, 3.05) is 43.5 Å². The number of esters is 1. The minimum absolute atomic E-state index is 0.302. The number of benzene rings is 2. The van der Waals surface area contributed by atoms with Gasteiger partial charge in [-0.2, -0.15) is 0 Å². The van der Waals surface area contributed by atoms with Crippen molar-refractivity contribution < 1.29 is 9.53 Å². The van der Waals surface area contributed by atoms with E-state index >= 15 is 0 Å². The van der Waals surface area contributed by atoms with Crippen LogP contribution in [-0.2, 0) is 11.3 Å². The fourth-order valence-corrected chi connectivity index (χ4v) is 4.56. The van der Waals surface area contributed by atoms with Gasteiger partial charge < -0.3 is 19.4 Å². The molecule has 3 heterocycles. The first-order valence-corrected chi connectivity index (χ1v) is 11.9. The van der Waals surface area contributed by atoms with Gasteiger partial charge in [-0.15, -0.1) is 0 Å². The summed E-state index contributed by atoms with van der Waals surface area (Å²) in [5, 5.41) is 3.37. The number of imidazole rings is 1. The molecule has 9 heteroatoms. The number of hydrogen-bond donors (Lipinski definition) is 1. The van der Waals surface area contributed by atoms with Crippen LogP contribution >= 0.6 is 15.9 Å². The number of rotatable bonds is 6. The highest BCUT2D eigenvalue weighted by Crippen LogP contribution is 2.24. The summed E-state index contributed by atoms with van der Waals surface area (Å²) >= 11 is 3.45. The quantitative estimate of drug-likeness (QED) is 0.379. The predicted molar refractivity (Wildman–Crippen MR) is 136 cm³/mol. The molecule has 0 saturated carbocycles. The number of methoxy groups -OCH3 is 1. The second kappa shape index (κ2) is 9.82. The van der Waals surface area contributed by atoms with Crippen LogP contribution in [0.25, 0.3) is 5.65 Å². The first kappa shape index (κ1) is 22.4. The summed E-state index contributed by atoms with van der Waals surface area (Å²) in [5.74, 6) is 0.407. The Hall–Kier alpha value is -3.43. The van der Waals surface area contributed by atoms with E-state index in [4.69, 9.17) is 4.74 Å². The normalized spacial score (nSPS) is 14.4. The lowest BCUT2D eigenvalue weighted by molar-refractivity contribution is 0.0600. The average Bonchev–Trinajstić information content (AvgIpc) is 3.34. The third-order valence-corrected chi connectivity index (χ3v) is 6.38. The van der Waals surface area contributed by atoms with Crippen molar-refractivity contribution in [3.05, 3.63) is 82.9 Å². The molecule has 0 unspecified atom stereocenters. The maximum Gasteiger partial charge on any atom is 0.337 e. The summed E-state index contributed by atoms with van der Waals surface area (Å²) in [7, 11) is 1.40. The van der Waals surface area contributed by atoms with E-state index in [-0.39, 0.29) is 5.97 Å². The molecule has 2 aromatic carbocycles. The highest BCUT2D eigenvalue weighted by Gasteiger charge is 2.18. The Kier molecular flexibility index (Phi) is 6.46. The minimum atomic E-state index is -0.302. The van der Waals surface area contributed by atoms with Gasteiger partial charge in [-0.25, -0.2) is 14.8 Å². The van der Waals surface area contributed by atoms with Crippen molar-refractivity contribution in [3.63, 3.8) is 0 Å². The highest BCUT2D eigenvalue weighted by atomic mass is 79.9. The predicted octanol–water partition coefficient (Wildman–Crippen LogP) is 4.34. The van der Waals surface area contributed by atoms with Crippen LogP contribution in [0.2, 0.25) is 0 Å². The van der Waals surface area contributed by atoms with Gasteiger partial charge in [0, 0.05) is 62.7 Å². The van der Waals surface area contributed by atoms with Gasteiger partial charge in [-0.05, 0) is 57.9 Å². The van der Waals surface area contributed by atoms with Gasteiger partial charge in [0.2, 0.25) is 0 Å². The summed E-state index contributed by atoms with van der Waals surface area (Å²) in [5.41, 5.74) is 4.74. The monoisotopic (exact) mass is 520 g/mol. The first-order valence-electron chi connectivity index (χ1n) is 11.1. The third kappa shape index (κ3) is 4.90. The number of ether oxygens (including phenoxy) is 1. The Balaban J connectivity index is 1.17. The van der Waals surface area contributed by atoms with E-state index in [1.165, 1.54) is 18.4 Å². The van der Waals surface area contributed by atoms with E-state index in [9.17, 15) is 4.79 Å². The van der Waals surface area contributed by atoms with E-state index in [0.717, 1.165) is 48.7 Å². The third-order valence-electron chi connectivity index (χ3n) is 5.99. The summed E-state index contributed by atoms with van der Waals surface area (Å²) in [6.45, 7) is 4.78. The van der Waals surface area contributed by atoms with E-state index in [1.807, 2.05) is 41.1 Å². The molecule has 8 nitrogen and oxygen atoms in total. The minimum Gasteiger partial charge on any atom is -0.465 e. The second-order valence-electron chi connectivity index (χ2n) is 8.19. The molecule has 5 rings (SSSR count). The number of piperazine rings is 1. The molecule has 1 saturated heterocycles. The average molecular weight is 521 g/mol. The maximum absolute atomic E-state index is 11.6. The van der Waals surface area contributed by atoms with Crippen LogP contribution in [0.15, 0.2) is 71.7 Å². The van der Waals surface area contributed by atoms with Crippen molar-refractivity contribution in [1.82, 2.24) is 19.3 Å². The van der Waals surface area contributed by atoms with E-state index in [1.54, 1.807) is 6.20 Å². The summed E-state index contributed by atoms with van der Waals surface area (Å²) < 4.78 is 7.44. The molecule has 0 amide bonds. The lowest BCUT2D eigenvalue weighted by atomic mass is 10.1. The van der Waals surface area contributed by atoms with Crippen molar-refractivity contribution >= 4 is 44.7 Å². The second-order valence-corrected chi connectivity index (χ2v) is 9.01. The van der Waals surface area contributed by atoms with Crippen molar-refractivity contribution in [2.24, 2.45) is 0 Å². The lowest BCUT2D eigenvalue weighted by Gasteiger charge is -2.36. The summed E-state index contributed by atoms with van der Waals surface area (Å²) in [6.07, 6.45) is 5.54. The molecule has 0 bridgehead atoms. The standard InChI is InChI=1S/C25H25BrN6O2/c1-34-25(33)19-4-2-18(3-5-19)16-30-12-14-31(15-13-30)21-8-6-20(7-9-21)28-23-24-27-10-11-32(24)17-22(26)29-23/h2-11,17H,12-16H2,1H3,(H,28,29). The molecule has 34 heavy (non-hydrogen) atoms. The molecule has 1 fully saturated rings. The Bertz CT molecular complexity index is 1280. The van der Waals surface area contributed by atoms with Gasteiger partial charge >= 0.3 is 5.97 Å². The van der Waals surface area contributed by atoms with Crippen LogP contribution in [0.1, 0.15) is 15.9 Å². The fourth-order valence-electron chi connectivity index (χ4n) is 4.16.